The fraction of sp³-hybridized carbons (Fsp3) is 0.278. The van der Waals surface area contributed by atoms with Crippen molar-refractivity contribution in [3.8, 4) is 0 Å². The van der Waals surface area contributed by atoms with Crippen LogP contribution < -0.4 is 10.7 Å². The quantitative estimate of drug-likeness (QED) is 0.416. The maximum Gasteiger partial charge on any atom is 0.341 e. The third-order valence-corrected chi connectivity index (χ3v) is 6.01. The largest absolute Gasteiger partial charge is 0.465 e. The first-order valence-corrected chi connectivity index (χ1v) is 9.85. The summed E-state index contributed by atoms with van der Waals surface area (Å²) in [6.45, 7) is 0. The molecule has 2 amide bonds. The monoisotopic (exact) mass is 425 g/mol. The summed E-state index contributed by atoms with van der Waals surface area (Å²) >= 11 is 13.5. The standard InChI is InChI=1S/C18H17Cl2N3O3S/c1-26-17(24)15-10-5-2-3-8-14(10)27-16(15)22-18(25)23-21-9-11-12(19)6-4-7-13(11)20/h4,6-7,9H,2-3,5,8H2,1H3,(H2,22,23,25). The number of amides is 2. The molecule has 1 heterocycles. The summed E-state index contributed by atoms with van der Waals surface area (Å²) < 4.78 is 4.89. The van der Waals surface area contributed by atoms with Crippen LogP contribution in [-0.2, 0) is 17.6 Å². The molecule has 2 aromatic rings. The second-order valence-corrected chi connectivity index (χ2v) is 7.79. The molecule has 0 bridgehead atoms. The molecule has 0 atom stereocenters. The van der Waals surface area contributed by atoms with Gasteiger partial charge in [0.1, 0.15) is 5.00 Å². The van der Waals surface area contributed by atoms with Gasteiger partial charge < -0.3 is 4.74 Å². The number of urea groups is 1. The summed E-state index contributed by atoms with van der Waals surface area (Å²) in [6.07, 6.45) is 5.16. The van der Waals surface area contributed by atoms with Gasteiger partial charge in [-0.2, -0.15) is 5.10 Å². The number of carbonyl (C=O) groups excluding carboxylic acids is 2. The molecule has 2 N–H and O–H groups in total. The zero-order chi connectivity index (χ0) is 19.4. The number of esters is 1. The maximum atomic E-state index is 12.2. The maximum absolute atomic E-state index is 12.2. The number of anilines is 1. The van der Waals surface area contributed by atoms with Gasteiger partial charge in [-0.05, 0) is 43.4 Å². The van der Waals surface area contributed by atoms with Crippen LogP contribution >= 0.6 is 34.5 Å². The molecule has 6 nitrogen and oxygen atoms in total. The highest BCUT2D eigenvalue weighted by Gasteiger charge is 2.26. The Morgan fingerprint density at radius 2 is 1.93 bits per heavy atom. The van der Waals surface area contributed by atoms with E-state index >= 15 is 0 Å². The van der Waals surface area contributed by atoms with E-state index in [-0.39, 0.29) is 0 Å². The third kappa shape index (κ3) is 4.43. The molecule has 0 unspecified atom stereocenters. The summed E-state index contributed by atoms with van der Waals surface area (Å²) in [6, 6.07) is 4.49. The number of fused-ring (bicyclic) bond motifs is 1. The zero-order valence-electron chi connectivity index (χ0n) is 14.5. The van der Waals surface area contributed by atoms with Crippen molar-refractivity contribution in [2.24, 2.45) is 5.10 Å². The van der Waals surface area contributed by atoms with Crippen molar-refractivity contribution in [2.75, 3.05) is 12.4 Å². The number of hydrogen-bond donors (Lipinski definition) is 2. The van der Waals surface area contributed by atoms with Crippen LogP contribution in [0, 0.1) is 0 Å². The number of aryl methyl sites for hydroxylation is 1. The lowest BCUT2D eigenvalue weighted by molar-refractivity contribution is 0.0601. The number of thiophene rings is 1. The number of nitrogens with one attached hydrogen (secondary N) is 2. The highest BCUT2D eigenvalue weighted by Crippen LogP contribution is 2.38. The molecule has 1 aliphatic carbocycles. The number of hydrazone groups is 1. The number of rotatable bonds is 4. The fourth-order valence-corrected chi connectivity index (χ4v) is 4.66. The molecule has 3 rings (SSSR count). The normalized spacial score (nSPS) is 13.3. The Hall–Kier alpha value is -2.09. The Balaban J connectivity index is 1.74. The van der Waals surface area contributed by atoms with E-state index in [4.69, 9.17) is 27.9 Å². The van der Waals surface area contributed by atoms with E-state index < -0.39 is 12.0 Å². The summed E-state index contributed by atoms with van der Waals surface area (Å²) in [5.41, 5.74) is 4.27. The van der Waals surface area contributed by atoms with Crippen molar-refractivity contribution in [3.05, 3.63) is 49.8 Å². The molecule has 0 radical (unpaired) electrons. The van der Waals surface area contributed by atoms with Crippen LogP contribution in [0.1, 0.15) is 39.2 Å². The molecule has 27 heavy (non-hydrogen) atoms. The SMILES string of the molecule is COC(=O)c1c(NC(=O)NN=Cc2c(Cl)cccc2Cl)sc2c1CCCC2. The minimum absolute atomic E-state index is 0.423. The zero-order valence-corrected chi connectivity index (χ0v) is 16.8. The molecule has 1 aromatic heterocycles. The van der Waals surface area contributed by atoms with Crippen LogP contribution in [0.2, 0.25) is 10.0 Å². The predicted molar refractivity (Wildman–Crippen MR) is 109 cm³/mol. The predicted octanol–water partition coefficient (Wildman–Crippen LogP) is 4.88. The number of nitrogens with zero attached hydrogens (tertiary/aromatic N) is 1. The van der Waals surface area contributed by atoms with E-state index in [0.717, 1.165) is 36.1 Å². The van der Waals surface area contributed by atoms with Gasteiger partial charge in [-0.3, -0.25) is 5.32 Å². The van der Waals surface area contributed by atoms with Crippen molar-refractivity contribution >= 4 is 57.8 Å². The van der Waals surface area contributed by atoms with Crippen molar-refractivity contribution in [3.63, 3.8) is 0 Å². The average molecular weight is 426 g/mol. The second-order valence-electron chi connectivity index (χ2n) is 5.87. The number of carbonyl (C=O) groups is 2. The molecule has 1 aliphatic rings. The minimum atomic E-state index is -0.571. The summed E-state index contributed by atoms with van der Waals surface area (Å²) in [5, 5.41) is 7.87. The number of methoxy groups -OCH3 is 1. The van der Waals surface area contributed by atoms with Gasteiger partial charge >= 0.3 is 12.0 Å². The molecular formula is C18H17Cl2N3O3S. The third-order valence-electron chi connectivity index (χ3n) is 4.15. The highest BCUT2D eigenvalue weighted by atomic mass is 35.5. The number of ether oxygens (including phenoxy) is 1. The van der Waals surface area contributed by atoms with Gasteiger partial charge in [0.05, 0.1) is 28.9 Å². The van der Waals surface area contributed by atoms with E-state index in [2.05, 4.69) is 15.8 Å². The average Bonchev–Trinajstić information content (AvgIpc) is 3.01. The topological polar surface area (TPSA) is 79.8 Å². The van der Waals surface area contributed by atoms with Crippen LogP contribution in [0.3, 0.4) is 0 Å². The first-order valence-electron chi connectivity index (χ1n) is 8.28. The smallest absolute Gasteiger partial charge is 0.341 e. The summed E-state index contributed by atoms with van der Waals surface area (Å²) in [4.78, 5) is 25.5. The molecule has 142 valence electrons. The number of halogens is 2. The van der Waals surface area contributed by atoms with Gasteiger partial charge in [0, 0.05) is 10.4 Å². The highest BCUT2D eigenvalue weighted by molar-refractivity contribution is 7.17. The van der Waals surface area contributed by atoms with E-state index in [9.17, 15) is 9.59 Å². The Kier molecular flexibility index (Phi) is 6.36. The van der Waals surface area contributed by atoms with Gasteiger partial charge in [0.25, 0.3) is 0 Å². The lowest BCUT2D eigenvalue weighted by Gasteiger charge is -2.11. The minimum Gasteiger partial charge on any atom is -0.465 e. The molecule has 1 aromatic carbocycles. The molecular weight excluding hydrogens is 409 g/mol. The second kappa shape index (κ2) is 8.73. The molecule has 0 spiro atoms. The van der Waals surface area contributed by atoms with E-state index in [1.165, 1.54) is 24.7 Å². The molecule has 9 heteroatoms. The number of benzene rings is 1. The van der Waals surface area contributed by atoms with Crippen LogP contribution in [0.5, 0.6) is 0 Å². The first kappa shape index (κ1) is 19.7. The fourth-order valence-electron chi connectivity index (χ4n) is 2.89. The Bertz CT molecular complexity index is 891. The van der Waals surface area contributed by atoms with Crippen molar-refractivity contribution in [2.45, 2.75) is 25.7 Å². The van der Waals surface area contributed by atoms with Gasteiger partial charge in [0.15, 0.2) is 0 Å². The summed E-state index contributed by atoms with van der Waals surface area (Å²) in [7, 11) is 1.33. The van der Waals surface area contributed by atoms with E-state index in [1.807, 2.05) is 0 Å². The molecule has 0 fully saturated rings. The van der Waals surface area contributed by atoms with Gasteiger partial charge in [-0.15, -0.1) is 11.3 Å². The first-order chi connectivity index (χ1) is 13.0. The van der Waals surface area contributed by atoms with Crippen LogP contribution in [0.15, 0.2) is 23.3 Å². The Morgan fingerprint density at radius 1 is 1.22 bits per heavy atom. The van der Waals surface area contributed by atoms with Crippen LogP contribution in [0.25, 0.3) is 0 Å². The van der Waals surface area contributed by atoms with E-state index in [1.54, 1.807) is 18.2 Å². The molecule has 0 aliphatic heterocycles. The lowest BCUT2D eigenvalue weighted by Crippen LogP contribution is -2.25. The Labute approximate surface area is 170 Å². The van der Waals surface area contributed by atoms with Crippen LogP contribution in [0.4, 0.5) is 9.80 Å². The lowest BCUT2D eigenvalue weighted by atomic mass is 9.95. The van der Waals surface area contributed by atoms with Gasteiger partial charge in [0.2, 0.25) is 0 Å². The Morgan fingerprint density at radius 3 is 2.63 bits per heavy atom. The van der Waals surface area contributed by atoms with E-state index in [0.29, 0.717) is 26.2 Å². The molecule has 0 saturated heterocycles. The van der Waals surface area contributed by atoms with Gasteiger partial charge in [-0.25, -0.2) is 15.0 Å². The van der Waals surface area contributed by atoms with Crippen molar-refractivity contribution in [1.29, 1.82) is 0 Å². The molecule has 0 saturated carbocycles. The number of hydrogen-bond acceptors (Lipinski definition) is 5. The van der Waals surface area contributed by atoms with Crippen molar-refractivity contribution in [1.82, 2.24) is 5.43 Å². The summed E-state index contributed by atoms with van der Waals surface area (Å²) in [5.74, 6) is -0.448. The van der Waals surface area contributed by atoms with Gasteiger partial charge in [-0.1, -0.05) is 29.3 Å². The van der Waals surface area contributed by atoms with Crippen LogP contribution in [-0.4, -0.2) is 25.3 Å². The van der Waals surface area contributed by atoms with Crippen molar-refractivity contribution < 1.29 is 14.3 Å².